The molecular formula is C16H13Cl2F2N3O2S. The molecule has 0 saturated heterocycles. The van der Waals surface area contributed by atoms with E-state index in [4.69, 9.17) is 23.2 Å². The van der Waals surface area contributed by atoms with Crippen molar-refractivity contribution in [1.82, 2.24) is 9.88 Å². The lowest BCUT2D eigenvalue weighted by atomic mass is 10.2. The minimum Gasteiger partial charge on any atom is -0.332 e. The van der Waals surface area contributed by atoms with E-state index in [2.05, 4.69) is 10.3 Å². The molecular weight excluding hydrogens is 407 g/mol. The van der Waals surface area contributed by atoms with Crippen molar-refractivity contribution in [2.24, 2.45) is 0 Å². The van der Waals surface area contributed by atoms with Crippen molar-refractivity contribution in [2.75, 3.05) is 18.9 Å². The van der Waals surface area contributed by atoms with E-state index in [1.807, 2.05) is 0 Å². The maximum atomic E-state index is 12.6. The summed E-state index contributed by atoms with van der Waals surface area (Å²) in [4.78, 5) is 29.4. The number of carbonyl (C=O) groups excluding carboxylic acids is 2. The maximum absolute atomic E-state index is 12.6. The highest BCUT2D eigenvalue weighted by atomic mass is 35.5. The van der Waals surface area contributed by atoms with E-state index in [9.17, 15) is 18.4 Å². The van der Waals surface area contributed by atoms with Gasteiger partial charge >= 0.3 is 0 Å². The third kappa shape index (κ3) is 5.55. The molecule has 0 saturated carbocycles. The van der Waals surface area contributed by atoms with E-state index < -0.39 is 17.6 Å². The van der Waals surface area contributed by atoms with Gasteiger partial charge in [0.05, 0.1) is 22.2 Å². The number of pyridine rings is 1. The molecule has 0 unspecified atom stereocenters. The Hall–Kier alpha value is -1.90. The number of nitrogens with zero attached hydrogens (tertiary/aromatic N) is 2. The van der Waals surface area contributed by atoms with Gasteiger partial charge in [-0.15, -0.1) is 0 Å². The summed E-state index contributed by atoms with van der Waals surface area (Å²) >= 11 is 11.9. The van der Waals surface area contributed by atoms with Crippen LogP contribution in [-0.2, 0) is 4.79 Å². The fourth-order valence-electron chi connectivity index (χ4n) is 2.00. The zero-order valence-corrected chi connectivity index (χ0v) is 15.7. The first-order valence-corrected chi connectivity index (χ1v) is 8.81. The van der Waals surface area contributed by atoms with Gasteiger partial charge in [-0.2, -0.15) is 8.78 Å². The van der Waals surface area contributed by atoms with Crippen LogP contribution in [0, 0.1) is 0 Å². The number of rotatable bonds is 6. The summed E-state index contributed by atoms with van der Waals surface area (Å²) in [5, 5.41) is 3.10. The molecule has 10 heteroatoms. The van der Waals surface area contributed by atoms with Gasteiger partial charge in [0, 0.05) is 18.9 Å². The molecule has 5 nitrogen and oxygen atoms in total. The van der Waals surface area contributed by atoms with Gasteiger partial charge in [0.15, 0.2) is 0 Å². The lowest BCUT2D eigenvalue weighted by molar-refractivity contribution is -0.116. The summed E-state index contributed by atoms with van der Waals surface area (Å²) in [7, 11) is 1.39. The van der Waals surface area contributed by atoms with Crippen molar-refractivity contribution in [2.45, 2.75) is 10.8 Å². The van der Waals surface area contributed by atoms with Gasteiger partial charge in [-0.3, -0.25) is 9.59 Å². The Morgan fingerprint density at radius 3 is 2.65 bits per heavy atom. The molecule has 1 aromatic heterocycles. The Kier molecular flexibility index (Phi) is 7.19. The number of amides is 2. The van der Waals surface area contributed by atoms with E-state index in [1.165, 1.54) is 37.5 Å². The number of hydrogen-bond acceptors (Lipinski definition) is 4. The zero-order valence-electron chi connectivity index (χ0n) is 13.4. The lowest BCUT2D eigenvalue weighted by Gasteiger charge is -2.18. The van der Waals surface area contributed by atoms with Crippen LogP contribution in [0.15, 0.2) is 41.6 Å². The molecule has 0 aliphatic heterocycles. The van der Waals surface area contributed by atoms with Crippen molar-refractivity contribution in [1.29, 1.82) is 0 Å². The SMILES string of the molecule is CN(CC(=O)Nc1ccc(Cl)c(Cl)c1)C(=O)c1cccnc1SC(F)F. The molecule has 1 N–H and O–H groups in total. The van der Waals surface area contributed by atoms with Crippen molar-refractivity contribution < 1.29 is 18.4 Å². The first-order valence-electron chi connectivity index (χ1n) is 7.18. The van der Waals surface area contributed by atoms with E-state index in [1.54, 1.807) is 6.07 Å². The number of aromatic nitrogens is 1. The fourth-order valence-corrected chi connectivity index (χ4v) is 2.87. The Morgan fingerprint density at radius 2 is 2.00 bits per heavy atom. The normalized spacial score (nSPS) is 10.7. The van der Waals surface area contributed by atoms with Gasteiger partial charge in [0.1, 0.15) is 5.03 Å². The van der Waals surface area contributed by atoms with Gasteiger partial charge < -0.3 is 10.2 Å². The molecule has 2 aromatic rings. The highest BCUT2D eigenvalue weighted by Gasteiger charge is 2.21. The van der Waals surface area contributed by atoms with Crippen molar-refractivity contribution in [3.8, 4) is 0 Å². The molecule has 2 amide bonds. The zero-order chi connectivity index (χ0) is 19.3. The number of nitrogens with one attached hydrogen (secondary N) is 1. The quantitative estimate of drug-likeness (QED) is 0.704. The second-order valence-electron chi connectivity index (χ2n) is 5.07. The molecule has 2 rings (SSSR count). The van der Waals surface area contributed by atoms with Gasteiger partial charge in [-0.1, -0.05) is 23.2 Å². The Balaban J connectivity index is 2.04. The molecule has 0 radical (unpaired) electrons. The summed E-state index contributed by atoms with van der Waals surface area (Å²) in [6.45, 7) is -0.285. The maximum Gasteiger partial charge on any atom is 0.290 e. The van der Waals surface area contributed by atoms with Crippen LogP contribution < -0.4 is 5.32 Å². The van der Waals surface area contributed by atoms with Gasteiger partial charge in [0.2, 0.25) is 5.91 Å². The highest BCUT2D eigenvalue weighted by Crippen LogP contribution is 2.27. The highest BCUT2D eigenvalue weighted by molar-refractivity contribution is 7.99. The largest absolute Gasteiger partial charge is 0.332 e. The first kappa shape index (κ1) is 20.4. The number of likely N-dealkylation sites (N-methyl/N-ethyl adjacent to an activating group) is 1. The van der Waals surface area contributed by atoms with Gasteiger partial charge in [-0.05, 0) is 42.1 Å². The van der Waals surface area contributed by atoms with E-state index in [0.717, 1.165) is 4.90 Å². The third-order valence-electron chi connectivity index (χ3n) is 3.13. The molecule has 1 aromatic carbocycles. The molecule has 0 atom stereocenters. The van der Waals surface area contributed by atoms with Gasteiger partial charge in [-0.25, -0.2) is 4.98 Å². The Labute approximate surface area is 162 Å². The molecule has 0 aliphatic rings. The number of anilines is 1. The number of thioether (sulfide) groups is 1. The summed E-state index contributed by atoms with van der Waals surface area (Å²) in [5.41, 5.74) is 0.420. The van der Waals surface area contributed by atoms with E-state index in [-0.39, 0.29) is 33.9 Å². The van der Waals surface area contributed by atoms with Crippen LogP contribution in [0.1, 0.15) is 10.4 Å². The summed E-state index contributed by atoms with van der Waals surface area (Å²) in [5.74, 6) is -3.78. The smallest absolute Gasteiger partial charge is 0.290 e. The van der Waals surface area contributed by atoms with E-state index in [0.29, 0.717) is 10.7 Å². The summed E-state index contributed by atoms with van der Waals surface area (Å²) in [6, 6.07) is 7.41. The Morgan fingerprint density at radius 1 is 1.27 bits per heavy atom. The van der Waals surface area contributed by atoms with Crippen molar-refractivity contribution >= 4 is 52.5 Å². The lowest BCUT2D eigenvalue weighted by Crippen LogP contribution is -2.35. The number of halogens is 4. The monoisotopic (exact) mass is 419 g/mol. The molecule has 138 valence electrons. The van der Waals surface area contributed by atoms with E-state index >= 15 is 0 Å². The predicted octanol–water partition coefficient (Wildman–Crippen LogP) is 4.41. The molecule has 0 aliphatic carbocycles. The van der Waals surface area contributed by atoms with Crippen LogP contribution >= 0.6 is 35.0 Å². The third-order valence-corrected chi connectivity index (χ3v) is 4.60. The molecule has 0 fully saturated rings. The minimum absolute atomic E-state index is 0.00244. The molecule has 0 bridgehead atoms. The van der Waals surface area contributed by atoms with Crippen LogP contribution in [0.4, 0.5) is 14.5 Å². The topological polar surface area (TPSA) is 62.3 Å². The average Bonchev–Trinajstić information content (AvgIpc) is 2.57. The average molecular weight is 420 g/mol. The van der Waals surface area contributed by atoms with Crippen molar-refractivity contribution in [3.63, 3.8) is 0 Å². The molecule has 26 heavy (non-hydrogen) atoms. The second-order valence-corrected chi connectivity index (χ2v) is 6.87. The number of alkyl halides is 2. The first-order chi connectivity index (χ1) is 12.3. The van der Waals surface area contributed by atoms with Gasteiger partial charge in [0.25, 0.3) is 11.7 Å². The van der Waals surface area contributed by atoms with Crippen LogP contribution in [0.2, 0.25) is 10.0 Å². The van der Waals surface area contributed by atoms with Crippen LogP contribution in [-0.4, -0.2) is 41.0 Å². The van der Waals surface area contributed by atoms with Crippen LogP contribution in [0.25, 0.3) is 0 Å². The number of hydrogen-bond donors (Lipinski definition) is 1. The summed E-state index contributed by atoms with van der Waals surface area (Å²) in [6.07, 6.45) is 1.32. The number of benzene rings is 1. The number of carbonyl (C=O) groups is 2. The fraction of sp³-hybridized carbons (Fsp3) is 0.188. The molecule has 0 spiro atoms. The Bertz CT molecular complexity index is 824. The minimum atomic E-state index is -2.71. The van der Waals surface area contributed by atoms with Crippen LogP contribution in [0.3, 0.4) is 0 Å². The van der Waals surface area contributed by atoms with Crippen molar-refractivity contribution in [3.05, 3.63) is 52.1 Å². The second kappa shape index (κ2) is 9.16. The molecule has 1 heterocycles. The van der Waals surface area contributed by atoms with Crippen LogP contribution in [0.5, 0.6) is 0 Å². The summed E-state index contributed by atoms with van der Waals surface area (Å²) < 4.78 is 25.2. The predicted molar refractivity (Wildman–Crippen MR) is 98.2 cm³/mol. The standard InChI is InChI=1S/C16H13Cl2F2N3O2S/c1-23(8-13(24)22-9-4-5-11(17)12(18)7-9)15(25)10-3-2-6-21-14(10)26-16(19)20/h2-7,16H,8H2,1H3,(H,22,24).